The van der Waals surface area contributed by atoms with Gasteiger partial charge in [0.2, 0.25) is 0 Å². The summed E-state index contributed by atoms with van der Waals surface area (Å²) >= 11 is 0. The third kappa shape index (κ3) is 1.99. The second-order valence-electron chi connectivity index (χ2n) is 3.71. The highest BCUT2D eigenvalue weighted by Gasteiger charge is 2.03. The molecule has 0 amide bonds. The van der Waals surface area contributed by atoms with Gasteiger partial charge in [0.05, 0.1) is 6.61 Å². The summed E-state index contributed by atoms with van der Waals surface area (Å²) in [6.07, 6.45) is 0. The molecule has 82 valence electrons. The standard InChI is InChI=1S/C13H14N2O/c14-11-3-1-2-10(7-11)12-5-4-9(8-16)6-13(12)15/h1-7,16H,8,14-15H2. The fraction of sp³-hybridized carbons (Fsp3) is 0.0769. The van der Waals surface area contributed by atoms with E-state index in [2.05, 4.69) is 0 Å². The molecule has 0 aromatic heterocycles. The molecule has 0 aliphatic rings. The molecule has 0 heterocycles. The second-order valence-corrected chi connectivity index (χ2v) is 3.71. The lowest BCUT2D eigenvalue weighted by Crippen LogP contribution is -1.93. The van der Waals surface area contributed by atoms with Gasteiger partial charge in [-0.25, -0.2) is 0 Å². The third-order valence-electron chi connectivity index (χ3n) is 2.50. The van der Waals surface area contributed by atoms with E-state index in [1.807, 2.05) is 36.4 Å². The molecule has 0 bridgehead atoms. The molecule has 3 nitrogen and oxygen atoms in total. The normalized spacial score (nSPS) is 10.3. The number of benzene rings is 2. The van der Waals surface area contributed by atoms with Gasteiger partial charge in [-0.2, -0.15) is 0 Å². The van der Waals surface area contributed by atoms with E-state index in [0.29, 0.717) is 11.4 Å². The van der Waals surface area contributed by atoms with Crippen LogP contribution in [0.3, 0.4) is 0 Å². The Morgan fingerprint density at radius 3 is 2.44 bits per heavy atom. The van der Waals surface area contributed by atoms with E-state index in [9.17, 15) is 0 Å². The second kappa shape index (κ2) is 4.24. The van der Waals surface area contributed by atoms with Crippen molar-refractivity contribution in [1.82, 2.24) is 0 Å². The molecule has 0 aliphatic carbocycles. The topological polar surface area (TPSA) is 72.3 Å². The van der Waals surface area contributed by atoms with Crippen molar-refractivity contribution in [3.05, 3.63) is 48.0 Å². The Hall–Kier alpha value is -2.00. The molecular weight excluding hydrogens is 200 g/mol. The molecule has 0 aliphatic heterocycles. The first kappa shape index (κ1) is 10.5. The van der Waals surface area contributed by atoms with Crippen LogP contribution < -0.4 is 11.5 Å². The molecule has 2 aromatic carbocycles. The maximum atomic E-state index is 8.99. The minimum Gasteiger partial charge on any atom is -0.399 e. The number of nitrogens with two attached hydrogens (primary N) is 2. The maximum absolute atomic E-state index is 8.99. The lowest BCUT2D eigenvalue weighted by molar-refractivity contribution is 0.282. The minimum absolute atomic E-state index is 0.00140. The summed E-state index contributed by atoms with van der Waals surface area (Å²) in [5.74, 6) is 0. The Balaban J connectivity index is 2.48. The number of nitrogen functional groups attached to an aromatic ring is 2. The molecule has 0 fully saturated rings. The van der Waals surface area contributed by atoms with E-state index in [0.717, 1.165) is 16.7 Å². The Morgan fingerprint density at radius 1 is 1.00 bits per heavy atom. The first-order valence-corrected chi connectivity index (χ1v) is 5.06. The Morgan fingerprint density at radius 2 is 1.81 bits per heavy atom. The zero-order valence-electron chi connectivity index (χ0n) is 8.85. The highest BCUT2D eigenvalue weighted by molar-refractivity contribution is 5.78. The van der Waals surface area contributed by atoms with Crippen molar-refractivity contribution < 1.29 is 5.11 Å². The average molecular weight is 214 g/mol. The van der Waals surface area contributed by atoms with Crippen molar-refractivity contribution in [3.8, 4) is 11.1 Å². The third-order valence-corrected chi connectivity index (χ3v) is 2.50. The number of aliphatic hydroxyl groups excluding tert-OH is 1. The molecule has 0 atom stereocenters. The molecule has 2 rings (SSSR count). The Labute approximate surface area is 94.3 Å². The van der Waals surface area contributed by atoms with E-state index in [-0.39, 0.29) is 6.61 Å². The smallest absolute Gasteiger partial charge is 0.0682 e. The molecule has 0 unspecified atom stereocenters. The van der Waals surface area contributed by atoms with Crippen LogP contribution in [0.4, 0.5) is 11.4 Å². The van der Waals surface area contributed by atoms with Crippen LogP contribution >= 0.6 is 0 Å². The van der Waals surface area contributed by atoms with Crippen molar-refractivity contribution in [3.63, 3.8) is 0 Å². The average Bonchev–Trinajstić information content (AvgIpc) is 2.28. The highest BCUT2D eigenvalue weighted by atomic mass is 16.3. The molecular formula is C13H14N2O. The molecule has 0 saturated heterocycles. The van der Waals surface area contributed by atoms with Gasteiger partial charge in [0.15, 0.2) is 0 Å². The number of aliphatic hydroxyl groups is 1. The van der Waals surface area contributed by atoms with Crippen LogP contribution in [0.25, 0.3) is 11.1 Å². The molecule has 0 saturated carbocycles. The molecule has 2 aromatic rings. The molecule has 0 spiro atoms. The van der Waals surface area contributed by atoms with E-state index < -0.39 is 0 Å². The summed E-state index contributed by atoms with van der Waals surface area (Å²) < 4.78 is 0. The molecule has 3 heteroatoms. The van der Waals surface area contributed by atoms with Crippen molar-refractivity contribution in [2.45, 2.75) is 6.61 Å². The van der Waals surface area contributed by atoms with Gasteiger partial charge in [-0.15, -0.1) is 0 Å². The highest BCUT2D eigenvalue weighted by Crippen LogP contribution is 2.27. The Kier molecular flexibility index (Phi) is 2.79. The Bertz CT molecular complexity index is 509. The van der Waals surface area contributed by atoms with Gasteiger partial charge < -0.3 is 16.6 Å². The summed E-state index contributed by atoms with van der Waals surface area (Å²) in [5, 5.41) is 8.99. The van der Waals surface area contributed by atoms with Crippen molar-refractivity contribution in [2.75, 3.05) is 11.5 Å². The van der Waals surface area contributed by atoms with E-state index in [1.54, 1.807) is 6.07 Å². The van der Waals surface area contributed by atoms with Crippen molar-refractivity contribution in [1.29, 1.82) is 0 Å². The van der Waals surface area contributed by atoms with E-state index in [4.69, 9.17) is 16.6 Å². The lowest BCUT2D eigenvalue weighted by atomic mass is 10.0. The fourth-order valence-electron chi connectivity index (χ4n) is 1.68. The summed E-state index contributed by atoms with van der Waals surface area (Å²) in [4.78, 5) is 0. The zero-order valence-corrected chi connectivity index (χ0v) is 8.85. The summed E-state index contributed by atoms with van der Waals surface area (Å²) in [6.45, 7) is 0.00140. The fourth-order valence-corrected chi connectivity index (χ4v) is 1.68. The van der Waals surface area contributed by atoms with Gasteiger partial charge in [0.25, 0.3) is 0 Å². The van der Waals surface area contributed by atoms with Gasteiger partial charge >= 0.3 is 0 Å². The summed E-state index contributed by atoms with van der Waals surface area (Å²) in [6, 6.07) is 13.1. The minimum atomic E-state index is 0.00140. The van der Waals surface area contributed by atoms with Crippen molar-refractivity contribution >= 4 is 11.4 Å². The molecule has 0 radical (unpaired) electrons. The van der Waals surface area contributed by atoms with E-state index in [1.165, 1.54) is 0 Å². The predicted molar refractivity (Wildman–Crippen MR) is 66.6 cm³/mol. The summed E-state index contributed by atoms with van der Waals surface area (Å²) in [7, 11) is 0. The first-order chi connectivity index (χ1) is 7.70. The van der Waals surface area contributed by atoms with Gasteiger partial charge in [0, 0.05) is 16.9 Å². The molecule has 16 heavy (non-hydrogen) atoms. The largest absolute Gasteiger partial charge is 0.399 e. The van der Waals surface area contributed by atoms with Crippen LogP contribution in [0.2, 0.25) is 0 Å². The van der Waals surface area contributed by atoms with Gasteiger partial charge in [-0.3, -0.25) is 0 Å². The monoisotopic (exact) mass is 214 g/mol. The predicted octanol–water partition coefficient (Wildman–Crippen LogP) is 2.01. The first-order valence-electron chi connectivity index (χ1n) is 5.06. The SMILES string of the molecule is Nc1cccc(-c2ccc(CO)cc2N)c1. The van der Waals surface area contributed by atoms with Crippen LogP contribution in [0.5, 0.6) is 0 Å². The number of hydrogen-bond acceptors (Lipinski definition) is 3. The van der Waals surface area contributed by atoms with Crippen LogP contribution in [-0.4, -0.2) is 5.11 Å². The van der Waals surface area contributed by atoms with Crippen LogP contribution in [0.1, 0.15) is 5.56 Å². The number of anilines is 2. The number of rotatable bonds is 2. The number of hydrogen-bond donors (Lipinski definition) is 3. The van der Waals surface area contributed by atoms with Gasteiger partial charge in [-0.05, 0) is 29.3 Å². The van der Waals surface area contributed by atoms with Crippen LogP contribution in [-0.2, 0) is 6.61 Å². The van der Waals surface area contributed by atoms with Crippen LogP contribution in [0.15, 0.2) is 42.5 Å². The lowest BCUT2D eigenvalue weighted by Gasteiger charge is -2.08. The van der Waals surface area contributed by atoms with Crippen LogP contribution in [0, 0.1) is 0 Å². The summed E-state index contributed by atoms with van der Waals surface area (Å²) in [5.41, 5.74) is 15.7. The quantitative estimate of drug-likeness (QED) is 0.669. The zero-order chi connectivity index (χ0) is 11.5. The maximum Gasteiger partial charge on any atom is 0.0682 e. The van der Waals surface area contributed by atoms with Gasteiger partial charge in [0.1, 0.15) is 0 Å². The van der Waals surface area contributed by atoms with Gasteiger partial charge in [-0.1, -0.05) is 24.3 Å². The van der Waals surface area contributed by atoms with Crippen molar-refractivity contribution in [2.24, 2.45) is 0 Å². The molecule has 5 N–H and O–H groups in total. The van der Waals surface area contributed by atoms with E-state index >= 15 is 0 Å².